The minimum Gasteiger partial charge on any atom is -0.352 e. The number of sulfonamides is 1. The molecule has 4 rings (SSSR count). The lowest BCUT2D eigenvalue weighted by atomic mass is 10.1. The molecule has 1 unspecified atom stereocenters. The molecule has 0 radical (unpaired) electrons. The van der Waals surface area contributed by atoms with E-state index in [4.69, 9.17) is 0 Å². The van der Waals surface area contributed by atoms with Crippen LogP contribution in [0.15, 0.2) is 88.2 Å². The molecule has 1 saturated carbocycles. The zero-order chi connectivity index (χ0) is 28.0. The Bertz CT molecular complexity index is 1370. The van der Waals surface area contributed by atoms with Gasteiger partial charge in [0.15, 0.2) is 0 Å². The molecule has 1 N–H and O–H groups in total. The zero-order valence-electron chi connectivity index (χ0n) is 22.2. The first-order chi connectivity index (χ1) is 18.6. The number of para-hydroxylation sites is 1. The summed E-state index contributed by atoms with van der Waals surface area (Å²) < 4.78 is 29.6. The molecule has 1 aliphatic rings. The lowest BCUT2D eigenvalue weighted by molar-refractivity contribution is -0.139. The summed E-state index contributed by atoms with van der Waals surface area (Å²) in [5.41, 5.74) is 2.14. The first kappa shape index (κ1) is 28.8. The molecule has 206 valence electrons. The van der Waals surface area contributed by atoms with Crippen LogP contribution in [0.25, 0.3) is 0 Å². The van der Waals surface area contributed by atoms with Gasteiger partial charge in [-0.1, -0.05) is 76.8 Å². The molecule has 7 nitrogen and oxygen atoms in total. The molecule has 0 bridgehead atoms. The van der Waals surface area contributed by atoms with Crippen molar-refractivity contribution in [3.8, 4) is 0 Å². The number of nitrogens with zero attached hydrogens (tertiary/aromatic N) is 2. The molecule has 3 aromatic rings. The fourth-order valence-corrected chi connectivity index (χ4v) is 6.40. The van der Waals surface area contributed by atoms with Crippen molar-refractivity contribution in [2.24, 2.45) is 0 Å². The Morgan fingerprint density at radius 1 is 0.949 bits per heavy atom. The molecular formula is C30H34BrN3O4S. The van der Waals surface area contributed by atoms with E-state index < -0.39 is 28.5 Å². The Hall–Kier alpha value is -3.17. The van der Waals surface area contributed by atoms with Crippen LogP contribution in [0.5, 0.6) is 0 Å². The van der Waals surface area contributed by atoms with E-state index in [0.717, 1.165) is 45.6 Å². The van der Waals surface area contributed by atoms with Gasteiger partial charge < -0.3 is 10.2 Å². The minimum atomic E-state index is -4.06. The number of nitrogens with one attached hydrogen (secondary N) is 1. The van der Waals surface area contributed by atoms with Crippen molar-refractivity contribution in [1.29, 1.82) is 0 Å². The van der Waals surface area contributed by atoms with Crippen molar-refractivity contribution in [1.82, 2.24) is 10.2 Å². The first-order valence-electron chi connectivity index (χ1n) is 13.1. The lowest BCUT2D eigenvalue weighted by Gasteiger charge is -2.32. The maximum atomic E-state index is 13.9. The highest BCUT2D eigenvalue weighted by atomic mass is 79.9. The van der Waals surface area contributed by atoms with Gasteiger partial charge in [0.25, 0.3) is 10.0 Å². The summed E-state index contributed by atoms with van der Waals surface area (Å²) in [6, 6.07) is 21.9. The van der Waals surface area contributed by atoms with E-state index in [1.54, 1.807) is 61.5 Å². The standard InChI is InChI=1S/C30H34BrN3O4S/c1-22-12-18-28(19-13-22)39(37,38)34(27-10-4-3-5-11-27)21-29(35)33(20-24-14-16-25(31)17-15-24)23(2)30(36)32-26-8-6-7-9-26/h3-5,10-19,23,26H,6-9,20-21H2,1-2H3,(H,32,36). The molecule has 3 aromatic carbocycles. The number of halogens is 1. The van der Waals surface area contributed by atoms with E-state index in [9.17, 15) is 18.0 Å². The second-order valence-electron chi connectivity index (χ2n) is 9.97. The maximum absolute atomic E-state index is 13.9. The summed E-state index contributed by atoms with van der Waals surface area (Å²) in [6.07, 6.45) is 4.00. The average Bonchev–Trinajstić information content (AvgIpc) is 3.44. The summed E-state index contributed by atoms with van der Waals surface area (Å²) >= 11 is 3.43. The third kappa shape index (κ3) is 7.28. The van der Waals surface area contributed by atoms with Crippen LogP contribution < -0.4 is 9.62 Å². The molecule has 1 fully saturated rings. The summed E-state index contributed by atoms with van der Waals surface area (Å²) in [5.74, 6) is -0.702. The van der Waals surface area contributed by atoms with Crippen LogP contribution >= 0.6 is 15.9 Å². The molecule has 1 atom stereocenters. The molecule has 2 amide bonds. The van der Waals surface area contributed by atoms with Crippen LogP contribution in [-0.4, -0.2) is 43.8 Å². The minimum absolute atomic E-state index is 0.0937. The zero-order valence-corrected chi connectivity index (χ0v) is 24.6. The van der Waals surface area contributed by atoms with Crippen LogP contribution in [0.1, 0.15) is 43.7 Å². The number of anilines is 1. The number of benzene rings is 3. The largest absolute Gasteiger partial charge is 0.352 e. The van der Waals surface area contributed by atoms with Crippen molar-refractivity contribution < 1.29 is 18.0 Å². The van der Waals surface area contributed by atoms with Gasteiger partial charge in [-0.05, 0) is 68.7 Å². The Kier molecular flexibility index (Phi) is 9.45. The van der Waals surface area contributed by atoms with Gasteiger partial charge in [-0.2, -0.15) is 0 Å². The molecular weight excluding hydrogens is 578 g/mol. The van der Waals surface area contributed by atoms with Crippen LogP contribution in [0.2, 0.25) is 0 Å². The second-order valence-corrected chi connectivity index (χ2v) is 12.8. The van der Waals surface area contributed by atoms with Gasteiger partial charge in [0.2, 0.25) is 11.8 Å². The number of carbonyl (C=O) groups excluding carboxylic acids is 2. The molecule has 9 heteroatoms. The molecule has 1 aliphatic carbocycles. The molecule has 0 saturated heterocycles. The lowest BCUT2D eigenvalue weighted by Crippen LogP contribution is -2.52. The summed E-state index contributed by atoms with van der Waals surface area (Å²) in [4.78, 5) is 28.8. The number of hydrogen-bond acceptors (Lipinski definition) is 4. The first-order valence-corrected chi connectivity index (χ1v) is 15.4. The molecule has 0 heterocycles. The van der Waals surface area contributed by atoms with E-state index in [1.165, 1.54) is 4.90 Å². The quantitative estimate of drug-likeness (QED) is 0.331. The topological polar surface area (TPSA) is 86.8 Å². The van der Waals surface area contributed by atoms with Crippen LogP contribution in [-0.2, 0) is 26.2 Å². The number of aryl methyl sites for hydroxylation is 1. The van der Waals surface area contributed by atoms with Crippen LogP contribution in [0.4, 0.5) is 5.69 Å². The highest BCUT2D eigenvalue weighted by molar-refractivity contribution is 9.10. The fraction of sp³-hybridized carbons (Fsp3) is 0.333. The maximum Gasteiger partial charge on any atom is 0.264 e. The Balaban J connectivity index is 1.66. The summed E-state index contributed by atoms with van der Waals surface area (Å²) in [5, 5.41) is 3.08. The van der Waals surface area contributed by atoms with Crippen LogP contribution in [0, 0.1) is 6.92 Å². The second kappa shape index (κ2) is 12.8. The van der Waals surface area contributed by atoms with Crippen molar-refractivity contribution >= 4 is 43.5 Å². The van der Waals surface area contributed by atoms with Gasteiger partial charge in [-0.25, -0.2) is 8.42 Å². The predicted molar refractivity (Wildman–Crippen MR) is 157 cm³/mol. The smallest absolute Gasteiger partial charge is 0.264 e. The molecule has 0 spiro atoms. The molecule has 0 aromatic heterocycles. The van der Waals surface area contributed by atoms with Crippen molar-refractivity contribution in [3.05, 3.63) is 94.5 Å². The third-order valence-electron chi connectivity index (χ3n) is 7.07. The van der Waals surface area contributed by atoms with Gasteiger partial charge in [0.1, 0.15) is 12.6 Å². The van der Waals surface area contributed by atoms with E-state index in [-0.39, 0.29) is 23.4 Å². The monoisotopic (exact) mass is 611 g/mol. The molecule has 39 heavy (non-hydrogen) atoms. The average molecular weight is 613 g/mol. The number of amides is 2. The Morgan fingerprint density at radius 2 is 1.56 bits per heavy atom. The van der Waals surface area contributed by atoms with Crippen molar-refractivity contribution in [2.45, 2.75) is 63.1 Å². The van der Waals surface area contributed by atoms with Gasteiger partial charge in [-0.3, -0.25) is 13.9 Å². The van der Waals surface area contributed by atoms with Gasteiger partial charge in [0.05, 0.1) is 10.6 Å². The van der Waals surface area contributed by atoms with Crippen molar-refractivity contribution in [2.75, 3.05) is 10.8 Å². The fourth-order valence-electron chi connectivity index (χ4n) is 4.72. The Morgan fingerprint density at radius 3 is 2.18 bits per heavy atom. The van der Waals surface area contributed by atoms with E-state index in [2.05, 4.69) is 21.2 Å². The summed E-state index contributed by atoms with van der Waals surface area (Å²) in [7, 11) is -4.06. The van der Waals surface area contributed by atoms with E-state index >= 15 is 0 Å². The number of carbonyl (C=O) groups is 2. The SMILES string of the molecule is Cc1ccc(S(=O)(=O)N(CC(=O)N(Cc2ccc(Br)cc2)C(C)C(=O)NC2CCCC2)c2ccccc2)cc1. The van der Waals surface area contributed by atoms with E-state index in [0.29, 0.717) is 5.69 Å². The van der Waals surface area contributed by atoms with E-state index in [1.807, 2.05) is 31.2 Å². The van der Waals surface area contributed by atoms with Crippen LogP contribution in [0.3, 0.4) is 0 Å². The van der Waals surface area contributed by atoms with Gasteiger partial charge >= 0.3 is 0 Å². The highest BCUT2D eigenvalue weighted by Crippen LogP contribution is 2.25. The number of hydrogen-bond donors (Lipinski definition) is 1. The van der Waals surface area contributed by atoms with Gasteiger partial charge in [-0.15, -0.1) is 0 Å². The normalized spacial score (nSPS) is 14.5. The number of rotatable bonds is 10. The molecule has 0 aliphatic heterocycles. The highest BCUT2D eigenvalue weighted by Gasteiger charge is 2.33. The summed E-state index contributed by atoms with van der Waals surface area (Å²) in [6.45, 7) is 3.30. The van der Waals surface area contributed by atoms with Crippen molar-refractivity contribution in [3.63, 3.8) is 0 Å². The predicted octanol–water partition coefficient (Wildman–Crippen LogP) is 5.43. The Labute approximate surface area is 239 Å². The third-order valence-corrected chi connectivity index (χ3v) is 9.38. The van der Waals surface area contributed by atoms with Gasteiger partial charge in [0, 0.05) is 17.1 Å².